The summed E-state index contributed by atoms with van der Waals surface area (Å²) in [4.78, 5) is 28.7. The molecule has 0 spiro atoms. The summed E-state index contributed by atoms with van der Waals surface area (Å²) < 4.78 is 38.4. The monoisotopic (exact) mass is 429 g/mol. The van der Waals surface area contributed by atoms with Crippen molar-refractivity contribution in [2.45, 2.75) is 13.1 Å². The molecule has 0 saturated carbocycles. The van der Waals surface area contributed by atoms with Crippen molar-refractivity contribution in [1.82, 2.24) is 9.88 Å². The van der Waals surface area contributed by atoms with E-state index >= 15 is 0 Å². The standard InChI is InChI=1S/C17H15BrF3N3O2/c1-10-7-12(18)4-5-13(10)23-15(25)9-24(2)16(26)11-3-6-14(22-8-11)17(19,20)21/h3-8H,9H2,1-2H3,(H,23,25). The van der Waals surface area contributed by atoms with Gasteiger partial charge in [0.2, 0.25) is 5.91 Å². The maximum atomic E-state index is 12.5. The van der Waals surface area contributed by atoms with Crippen LogP contribution in [0.2, 0.25) is 0 Å². The number of alkyl halides is 3. The van der Waals surface area contributed by atoms with Crippen LogP contribution in [0.4, 0.5) is 18.9 Å². The molecule has 0 aliphatic carbocycles. The first-order valence-corrected chi connectivity index (χ1v) is 8.22. The Hall–Kier alpha value is -2.42. The minimum atomic E-state index is -4.57. The minimum absolute atomic E-state index is 0.0341. The number of rotatable bonds is 4. The molecule has 0 bridgehead atoms. The third kappa shape index (κ3) is 5.04. The molecule has 2 aromatic rings. The van der Waals surface area contributed by atoms with Crippen molar-refractivity contribution in [2.24, 2.45) is 0 Å². The predicted molar refractivity (Wildman–Crippen MR) is 93.7 cm³/mol. The van der Waals surface area contributed by atoms with E-state index in [4.69, 9.17) is 0 Å². The number of likely N-dealkylation sites (N-methyl/N-ethyl adjacent to an activating group) is 1. The summed E-state index contributed by atoms with van der Waals surface area (Å²) in [6.45, 7) is 1.57. The van der Waals surface area contributed by atoms with Crippen molar-refractivity contribution in [1.29, 1.82) is 0 Å². The first kappa shape index (κ1) is 19.9. The van der Waals surface area contributed by atoms with Crippen molar-refractivity contribution in [3.8, 4) is 0 Å². The van der Waals surface area contributed by atoms with Gasteiger partial charge in [-0.1, -0.05) is 15.9 Å². The second-order valence-corrected chi connectivity index (χ2v) is 6.51. The number of amides is 2. The van der Waals surface area contributed by atoms with E-state index in [1.807, 2.05) is 13.0 Å². The molecule has 0 radical (unpaired) electrons. The maximum absolute atomic E-state index is 12.5. The molecule has 1 aromatic heterocycles. The second-order valence-electron chi connectivity index (χ2n) is 5.60. The molecule has 2 rings (SSSR count). The lowest BCUT2D eigenvalue weighted by Gasteiger charge is -2.17. The Morgan fingerprint density at radius 2 is 1.92 bits per heavy atom. The molecule has 0 aliphatic heterocycles. The summed E-state index contributed by atoms with van der Waals surface area (Å²) in [5.41, 5.74) is 0.331. The maximum Gasteiger partial charge on any atom is 0.433 e. The molecule has 5 nitrogen and oxygen atoms in total. The molecule has 138 valence electrons. The first-order chi connectivity index (χ1) is 12.1. The second kappa shape index (κ2) is 7.86. The number of aromatic nitrogens is 1. The number of aryl methyl sites for hydroxylation is 1. The van der Waals surface area contributed by atoms with Crippen LogP contribution in [-0.4, -0.2) is 35.3 Å². The van der Waals surface area contributed by atoms with Gasteiger partial charge in [0, 0.05) is 23.4 Å². The van der Waals surface area contributed by atoms with Gasteiger partial charge < -0.3 is 10.2 Å². The fraction of sp³-hybridized carbons (Fsp3) is 0.235. The van der Waals surface area contributed by atoms with Gasteiger partial charge in [0.05, 0.1) is 12.1 Å². The Labute approximate surface area is 156 Å². The number of halogens is 4. The number of nitrogens with zero attached hydrogens (tertiary/aromatic N) is 2. The summed E-state index contributed by atoms with van der Waals surface area (Å²) in [7, 11) is 1.38. The van der Waals surface area contributed by atoms with Gasteiger partial charge in [-0.3, -0.25) is 14.6 Å². The number of hydrogen-bond donors (Lipinski definition) is 1. The van der Waals surface area contributed by atoms with E-state index in [-0.39, 0.29) is 12.1 Å². The predicted octanol–water partition coefficient (Wildman–Crippen LogP) is 3.88. The fourth-order valence-corrected chi connectivity index (χ4v) is 2.63. The van der Waals surface area contributed by atoms with Crippen molar-refractivity contribution in [3.63, 3.8) is 0 Å². The van der Waals surface area contributed by atoms with Crippen molar-refractivity contribution in [3.05, 3.63) is 57.8 Å². The van der Waals surface area contributed by atoms with Crippen LogP contribution >= 0.6 is 15.9 Å². The highest BCUT2D eigenvalue weighted by Gasteiger charge is 2.32. The first-order valence-electron chi connectivity index (χ1n) is 7.42. The zero-order valence-electron chi connectivity index (χ0n) is 13.9. The lowest BCUT2D eigenvalue weighted by Crippen LogP contribution is -2.35. The lowest BCUT2D eigenvalue weighted by atomic mass is 10.2. The molecule has 0 atom stereocenters. The van der Waals surface area contributed by atoms with Crippen LogP contribution in [0.5, 0.6) is 0 Å². The van der Waals surface area contributed by atoms with Crippen LogP contribution in [0.15, 0.2) is 41.0 Å². The summed E-state index contributed by atoms with van der Waals surface area (Å²) in [6, 6.07) is 7.08. The van der Waals surface area contributed by atoms with E-state index in [1.165, 1.54) is 7.05 Å². The third-order valence-electron chi connectivity index (χ3n) is 3.49. The smallest absolute Gasteiger partial charge is 0.332 e. The Balaban J connectivity index is 2.01. The van der Waals surface area contributed by atoms with E-state index in [9.17, 15) is 22.8 Å². The molecule has 1 heterocycles. The molecule has 2 amide bonds. The number of pyridine rings is 1. The number of nitrogens with one attached hydrogen (secondary N) is 1. The number of benzene rings is 1. The molecule has 0 saturated heterocycles. The van der Waals surface area contributed by atoms with Crippen molar-refractivity contribution >= 4 is 33.4 Å². The molecule has 0 fully saturated rings. The average molecular weight is 430 g/mol. The summed E-state index contributed by atoms with van der Waals surface area (Å²) in [6.07, 6.45) is -3.73. The summed E-state index contributed by atoms with van der Waals surface area (Å²) in [5, 5.41) is 2.69. The molecule has 0 unspecified atom stereocenters. The van der Waals surface area contributed by atoms with Gasteiger partial charge >= 0.3 is 6.18 Å². The summed E-state index contributed by atoms with van der Waals surface area (Å²) in [5.74, 6) is -1.03. The Morgan fingerprint density at radius 3 is 2.46 bits per heavy atom. The van der Waals surface area contributed by atoms with Crippen LogP contribution in [0.1, 0.15) is 21.6 Å². The number of anilines is 1. The highest BCUT2D eigenvalue weighted by atomic mass is 79.9. The molecule has 0 aliphatic rings. The lowest BCUT2D eigenvalue weighted by molar-refractivity contribution is -0.141. The molecule has 1 N–H and O–H groups in total. The Morgan fingerprint density at radius 1 is 1.23 bits per heavy atom. The van der Waals surface area contributed by atoms with Gasteiger partial charge in [-0.2, -0.15) is 13.2 Å². The Bertz CT molecular complexity index is 823. The van der Waals surface area contributed by atoms with E-state index in [1.54, 1.807) is 12.1 Å². The normalized spacial score (nSPS) is 11.2. The highest BCUT2D eigenvalue weighted by Crippen LogP contribution is 2.27. The van der Waals surface area contributed by atoms with Gasteiger partial charge in [0.25, 0.3) is 5.91 Å². The van der Waals surface area contributed by atoms with Crippen LogP contribution in [-0.2, 0) is 11.0 Å². The molecule has 26 heavy (non-hydrogen) atoms. The zero-order chi connectivity index (χ0) is 19.5. The van der Waals surface area contributed by atoms with Gasteiger partial charge in [0.1, 0.15) is 5.69 Å². The van der Waals surface area contributed by atoms with E-state index in [0.717, 1.165) is 33.3 Å². The molecular formula is C17H15BrF3N3O2. The zero-order valence-corrected chi connectivity index (χ0v) is 15.5. The van der Waals surface area contributed by atoms with E-state index in [0.29, 0.717) is 5.69 Å². The van der Waals surface area contributed by atoms with Gasteiger partial charge in [0.15, 0.2) is 0 Å². The largest absolute Gasteiger partial charge is 0.433 e. The molecular weight excluding hydrogens is 415 g/mol. The van der Waals surface area contributed by atoms with Gasteiger partial charge in [-0.05, 0) is 42.8 Å². The third-order valence-corrected chi connectivity index (χ3v) is 3.98. The van der Waals surface area contributed by atoms with E-state index < -0.39 is 23.7 Å². The quantitative estimate of drug-likeness (QED) is 0.801. The minimum Gasteiger partial charge on any atom is -0.332 e. The number of hydrogen-bond acceptors (Lipinski definition) is 3. The SMILES string of the molecule is Cc1cc(Br)ccc1NC(=O)CN(C)C(=O)c1ccc(C(F)(F)F)nc1. The van der Waals surface area contributed by atoms with Crippen LogP contribution in [0, 0.1) is 6.92 Å². The number of carbonyl (C=O) groups is 2. The van der Waals surface area contributed by atoms with Crippen molar-refractivity contribution in [2.75, 3.05) is 18.9 Å². The van der Waals surface area contributed by atoms with Crippen molar-refractivity contribution < 1.29 is 22.8 Å². The van der Waals surface area contributed by atoms with Gasteiger partial charge in [-0.15, -0.1) is 0 Å². The fourth-order valence-electron chi connectivity index (χ4n) is 2.15. The number of carbonyl (C=O) groups excluding carboxylic acids is 2. The Kier molecular flexibility index (Phi) is 6.01. The van der Waals surface area contributed by atoms with Crippen LogP contribution < -0.4 is 5.32 Å². The van der Waals surface area contributed by atoms with Crippen LogP contribution in [0.25, 0.3) is 0 Å². The van der Waals surface area contributed by atoms with E-state index in [2.05, 4.69) is 26.2 Å². The average Bonchev–Trinajstić information content (AvgIpc) is 2.56. The topological polar surface area (TPSA) is 62.3 Å². The molecule has 9 heteroatoms. The highest BCUT2D eigenvalue weighted by molar-refractivity contribution is 9.10. The molecule has 1 aromatic carbocycles. The van der Waals surface area contributed by atoms with Crippen LogP contribution in [0.3, 0.4) is 0 Å². The van der Waals surface area contributed by atoms with Gasteiger partial charge in [-0.25, -0.2) is 0 Å². The summed E-state index contributed by atoms with van der Waals surface area (Å²) >= 11 is 3.32.